The van der Waals surface area contributed by atoms with Crippen molar-refractivity contribution in [2.75, 3.05) is 6.54 Å². The van der Waals surface area contributed by atoms with E-state index in [1.807, 2.05) is 55.5 Å². The van der Waals surface area contributed by atoms with E-state index in [1.165, 1.54) is 0 Å². The highest BCUT2D eigenvalue weighted by molar-refractivity contribution is 6.09. The number of ketones is 1. The van der Waals surface area contributed by atoms with E-state index in [0.29, 0.717) is 23.4 Å². The lowest BCUT2D eigenvalue weighted by molar-refractivity contribution is -0.139. The monoisotopic (exact) mass is 413 g/mol. The average molecular weight is 413 g/mol. The number of carbonyl (C=O) groups is 3. The maximum absolute atomic E-state index is 12.6. The molecule has 2 atom stereocenters. The fourth-order valence-electron chi connectivity index (χ4n) is 3.81. The summed E-state index contributed by atoms with van der Waals surface area (Å²) >= 11 is 0. The standard InChI is InChI=1S/C26H23NO4/c1-18(19-8-4-2-5-9-19)27-17-22(16-24(27)28)26(30)31-23-14-12-21(13-15-23)25(29)20-10-6-3-7-11-20/h2-15,18,22H,16-17H2,1H3/t18-,22-/m0/s1. The fourth-order valence-corrected chi connectivity index (χ4v) is 3.81. The predicted molar refractivity (Wildman–Crippen MR) is 117 cm³/mol. The van der Waals surface area contributed by atoms with Gasteiger partial charge in [0.1, 0.15) is 5.75 Å². The quantitative estimate of drug-likeness (QED) is 0.341. The Balaban J connectivity index is 1.38. The number of hydrogen-bond donors (Lipinski definition) is 0. The average Bonchev–Trinajstić information content (AvgIpc) is 3.21. The van der Waals surface area contributed by atoms with Crippen molar-refractivity contribution in [1.29, 1.82) is 0 Å². The Morgan fingerprint density at radius 2 is 1.45 bits per heavy atom. The van der Waals surface area contributed by atoms with E-state index >= 15 is 0 Å². The van der Waals surface area contributed by atoms with Crippen LogP contribution < -0.4 is 4.74 Å². The molecular weight excluding hydrogens is 390 g/mol. The van der Waals surface area contributed by atoms with Gasteiger partial charge in [-0.05, 0) is 36.8 Å². The van der Waals surface area contributed by atoms with Crippen LogP contribution in [0.3, 0.4) is 0 Å². The zero-order valence-corrected chi connectivity index (χ0v) is 17.2. The first kappa shape index (κ1) is 20.5. The van der Waals surface area contributed by atoms with E-state index in [0.717, 1.165) is 5.56 Å². The Labute approximate surface area is 181 Å². The third kappa shape index (κ3) is 4.56. The first-order chi connectivity index (χ1) is 15.0. The lowest BCUT2D eigenvalue weighted by Crippen LogP contribution is -2.30. The molecule has 3 aromatic carbocycles. The number of ether oxygens (including phenoxy) is 1. The number of hydrogen-bond acceptors (Lipinski definition) is 4. The van der Waals surface area contributed by atoms with Gasteiger partial charge in [-0.3, -0.25) is 14.4 Å². The summed E-state index contributed by atoms with van der Waals surface area (Å²) in [5.41, 5.74) is 2.15. The minimum absolute atomic E-state index is 0.0536. The van der Waals surface area contributed by atoms with Crippen LogP contribution in [0.4, 0.5) is 0 Å². The number of carbonyl (C=O) groups excluding carboxylic acids is 3. The molecule has 0 aliphatic carbocycles. The van der Waals surface area contributed by atoms with Gasteiger partial charge in [-0.1, -0.05) is 60.7 Å². The molecule has 5 heteroatoms. The van der Waals surface area contributed by atoms with Gasteiger partial charge in [-0.25, -0.2) is 0 Å². The first-order valence-electron chi connectivity index (χ1n) is 10.3. The molecule has 1 saturated heterocycles. The number of nitrogens with zero attached hydrogens (tertiary/aromatic N) is 1. The van der Waals surface area contributed by atoms with Gasteiger partial charge in [-0.2, -0.15) is 0 Å². The van der Waals surface area contributed by atoms with Crippen molar-refractivity contribution in [2.45, 2.75) is 19.4 Å². The highest BCUT2D eigenvalue weighted by atomic mass is 16.5. The van der Waals surface area contributed by atoms with Gasteiger partial charge in [0.05, 0.1) is 12.0 Å². The number of esters is 1. The van der Waals surface area contributed by atoms with Crippen LogP contribution >= 0.6 is 0 Å². The molecule has 3 aromatic rings. The van der Waals surface area contributed by atoms with Crippen molar-refractivity contribution in [1.82, 2.24) is 4.90 Å². The van der Waals surface area contributed by atoms with Crippen molar-refractivity contribution >= 4 is 17.7 Å². The van der Waals surface area contributed by atoms with Crippen LogP contribution in [0.25, 0.3) is 0 Å². The molecule has 1 aliphatic rings. The maximum atomic E-state index is 12.6. The summed E-state index contributed by atoms with van der Waals surface area (Å²) in [6.07, 6.45) is 0.139. The zero-order valence-electron chi connectivity index (χ0n) is 17.2. The van der Waals surface area contributed by atoms with E-state index < -0.39 is 11.9 Å². The lowest BCUT2D eigenvalue weighted by atomic mass is 10.0. The molecule has 5 nitrogen and oxygen atoms in total. The minimum Gasteiger partial charge on any atom is -0.426 e. The highest BCUT2D eigenvalue weighted by Crippen LogP contribution is 2.29. The molecule has 0 radical (unpaired) electrons. The molecule has 0 spiro atoms. The molecule has 1 fully saturated rings. The Morgan fingerprint density at radius 3 is 2.10 bits per heavy atom. The molecule has 31 heavy (non-hydrogen) atoms. The summed E-state index contributed by atoms with van der Waals surface area (Å²) < 4.78 is 5.49. The van der Waals surface area contributed by atoms with Crippen LogP contribution in [0.15, 0.2) is 84.9 Å². The van der Waals surface area contributed by atoms with Gasteiger partial charge in [0.15, 0.2) is 5.78 Å². The van der Waals surface area contributed by atoms with E-state index in [9.17, 15) is 14.4 Å². The van der Waals surface area contributed by atoms with Gasteiger partial charge in [-0.15, -0.1) is 0 Å². The third-order valence-corrected chi connectivity index (χ3v) is 5.61. The summed E-state index contributed by atoms with van der Waals surface area (Å²) in [6, 6.07) is 25.1. The van der Waals surface area contributed by atoms with Crippen LogP contribution in [0, 0.1) is 5.92 Å². The molecule has 4 rings (SSSR count). The van der Waals surface area contributed by atoms with Crippen LogP contribution in [0.1, 0.15) is 40.9 Å². The molecule has 156 valence electrons. The number of likely N-dealkylation sites (tertiary alicyclic amines) is 1. The first-order valence-corrected chi connectivity index (χ1v) is 10.3. The number of amides is 1. The second-order valence-corrected chi connectivity index (χ2v) is 7.67. The number of benzene rings is 3. The molecule has 0 bridgehead atoms. The van der Waals surface area contributed by atoms with E-state index in [1.54, 1.807) is 41.3 Å². The third-order valence-electron chi connectivity index (χ3n) is 5.61. The van der Waals surface area contributed by atoms with Crippen molar-refractivity contribution in [3.8, 4) is 5.75 Å². The van der Waals surface area contributed by atoms with Crippen molar-refractivity contribution in [3.05, 3.63) is 102 Å². The minimum atomic E-state index is -0.510. The van der Waals surface area contributed by atoms with Crippen molar-refractivity contribution < 1.29 is 19.1 Å². The second kappa shape index (κ2) is 8.96. The SMILES string of the molecule is C[C@@H](c1ccccc1)N1C[C@@H](C(=O)Oc2ccc(C(=O)c3ccccc3)cc2)CC1=O. The summed E-state index contributed by atoms with van der Waals surface area (Å²) in [6.45, 7) is 2.29. The summed E-state index contributed by atoms with van der Waals surface area (Å²) in [4.78, 5) is 39.3. The van der Waals surface area contributed by atoms with E-state index in [4.69, 9.17) is 4.74 Å². The zero-order chi connectivity index (χ0) is 21.8. The largest absolute Gasteiger partial charge is 0.426 e. The van der Waals surface area contributed by atoms with Crippen LogP contribution in [0.2, 0.25) is 0 Å². The van der Waals surface area contributed by atoms with Crippen LogP contribution in [0.5, 0.6) is 5.75 Å². The van der Waals surface area contributed by atoms with Crippen molar-refractivity contribution in [2.24, 2.45) is 5.92 Å². The molecule has 0 unspecified atom stereocenters. The maximum Gasteiger partial charge on any atom is 0.316 e. The Kier molecular flexibility index (Phi) is 5.94. The second-order valence-electron chi connectivity index (χ2n) is 7.67. The Morgan fingerprint density at radius 1 is 0.871 bits per heavy atom. The summed E-state index contributed by atoms with van der Waals surface area (Å²) in [5, 5.41) is 0. The smallest absolute Gasteiger partial charge is 0.316 e. The molecule has 1 aliphatic heterocycles. The topological polar surface area (TPSA) is 63.7 Å². The van der Waals surface area contributed by atoms with Gasteiger partial charge in [0, 0.05) is 24.1 Å². The Hall–Kier alpha value is -3.73. The molecule has 0 N–H and O–H groups in total. The Bertz CT molecular complexity index is 1080. The predicted octanol–water partition coefficient (Wildman–Crippen LogP) is 4.43. The number of rotatable bonds is 6. The van der Waals surface area contributed by atoms with Crippen LogP contribution in [-0.4, -0.2) is 29.1 Å². The van der Waals surface area contributed by atoms with Gasteiger partial charge >= 0.3 is 5.97 Å². The summed E-state index contributed by atoms with van der Waals surface area (Å²) in [5.74, 6) is -0.730. The molecular formula is C26H23NO4. The van der Waals surface area contributed by atoms with Gasteiger partial charge < -0.3 is 9.64 Å². The molecule has 1 heterocycles. The lowest BCUT2D eigenvalue weighted by Gasteiger charge is -2.25. The van der Waals surface area contributed by atoms with Gasteiger partial charge in [0.2, 0.25) is 5.91 Å². The van der Waals surface area contributed by atoms with Gasteiger partial charge in [0.25, 0.3) is 0 Å². The highest BCUT2D eigenvalue weighted by Gasteiger charge is 2.38. The van der Waals surface area contributed by atoms with E-state index in [-0.39, 0.29) is 24.2 Å². The van der Waals surface area contributed by atoms with Crippen LogP contribution in [-0.2, 0) is 9.59 Å². The summed E-state index contributed by atoms with van der Waals surface area (Å²) in [7, 11) is 0. The fraction of sp³-hybridized carbons (Fsp3) is 0.192. The molecule has 0 saturated carbocycles. The van der Waals surface area contributed by atoms with Crippen molar-refractivity contribution in [3.63, 3.8) is 0 Å². The molecule has 0 aromatic heterocycles. The molecule has 1 amide bonds. The van der Waals surface area contributed by atoms with E-state index in [2.05, 4.69) is 0 Å². The normalized spacial score (nSPS) is 16.7.